The number of methoxy groups -OCH3 is 1. The van der Waals surface area contributed by atoms with E-state index in [0.29, 0.717) is 11.6 Å². The molecule has 6 nitrogen and oxygen atoms in total. The summed E-state index contributed by atoms with van der Waals surface area (Å²) >= 11 is 1.64. The molecule has 33 heavy (non-hydrogen) atoms. The molecule has 2 N–H and O–H groups in total. The summed E-state index contributed by atoms with van der Waals surface area (Å²) in [4.78, 5) is 29.5. The second-order valence-electron chi connectivity index (χ2n) is 7.92. The van der Waals surface area contributed by atoms with Crippen LogP contribution in [-0.2, 0) is 9.53 Å². The van der Waals surface area contributed by atoms with Crippen LogP contribution in [0.3, 0.4) is 0 Å². The Morgan fingerprint density at radius 1 is 0.970 bits per heavy atom. The number of urea groups is 1. The predicted molar refractivity (Wildman–Crippen MR) is 123 cm³/mol. The molecule has 1 aliphatic rings. The summed E-state index contributed by atoms with van der Waals surface area (Å²) in [7, 11) is 1.43. The standard InChI is InChI=1S/C24H23F2N3O3S/c1-32-23(30)16-4-2-15(3-5-16)22-27-13-21(33-22)14-6-8-17(9-7-14)28-24(31)29-18-10-11-19(25)20(26)12-18/h6-13,15-16H,2-5H2,1H3,(H2,28,29,31). The van der Waals surface area contributed by atoms with Gasteiger partial charge in [-0.2, -0.15) is 0 Å². The molecule has 0 bridgehead atoms. The van der Waals surface area contributed by atoms with Gasteiger partial charge >= 0.3 is 12.0 Å². The van der Waals surface area contributed by atoms with E-state index in [-0.39, 0.29) is 17.6 Å². The number of amides is 2. The van der Waals surface area contributed by atoms with Crippen LogP contribution in [0.4, 0.5) is 25.0 Å². The first-order valence-corrected chi connectivity index (χ1v) is 11.4. The van der Waals surface area contributed by atoms with E-state index in [1.165, 1.54) is 13.2 Å². The molecule has 1 aliphatic carbocycles. The molecule has 0 aliphatic heterocycles. The van der Waals surface area contributed by atoms with Crippen molar-refractivity contribution in [2.24, 2.45) is 5.92 Å². The number of esters is 1. The number of hydrogen-bond donors (Lipinski definition) is 2. The Morgan fingerprint density at radius 3 is 2.30 bits per heavy atom. The van der Waals surface area contributed by atoms with Crippen LogP contribution in [0.25, 0.3) is 10.4 Å². The number of aromatic nitrogens is 1. The Kier molecular flexibility index (Phi) is 6.98. The van der Waals surface area contributed by atoms with Gasteiger partial charge in [0.15, 0.2) is 11.6 Å². The monoisotopic (exact) mass is 471 g/mol. The third kappa shape index (κ3) is 5.54. The van der Waals surface area contributed by atoms with Gasteiger partial charge in [-0.05, 0) is 55.5 Å². The normalized spacial score (nSPS) is 17.9. The van der Waals surface area contributed by atoms with Gasteiger partial charge in [-0.1, -0.05) is 12.1 Å². The van der Waals surface area contributed by atoms with Crippen molar-refractivity contribution in [3.05, 3.63) is 65.3 Å². The van der Waals surface area contributed by atoms with Crippen LogP contribution in [0.1, 0.15) is 36.6 Å². The lowest BCUT2D eigenvalue weighted by atomic mass is 9.82. The van der Waals surface area contributed by atoms with Gasteiger partial charge in [0.25, 0.3) is 0 Å². The van der Waals surface area contributed by atoms with E-state index < -0.39 is 17.7 Å². The van der Waals surface area contributed by atoms with Gasteiger partial charge in [0.2, 0.25) is 0 Å². The summed E-state index contributed by atoms with van der Waals surface area (Å²) in [5.74, 6) is -1.79. The highest BCUT2D eigenvalue weighted by Crippen LogP contribution is 2.39. The molecule has 0 radical (unpaired) electrons. The van der Waals surface area contributed by atoms with Crippen molar-refractivity contribution in [1.82, 2.24) is 4.98 Å². The van der Waals surface area contributed by atoms with Gasteiger partial charge < -0.3 is 15.4 Å². The third-order valence-corrected chi connectivity index (χ3v) is 6.95. The van der Waals surface area contributed by atoms with E-state index in [9.17, 15) is 18.4 Å². The Morgan fingerprint density at radius 2 is 1.64 bits per heavy atom. The molecular formula is C24H23F2N3O3S. The van der Waals surface area contributed by atoms with Crippen LogP contribution in [0.2, 0.25) is 0 Å². The number of carbonyl (C=O) groups excluding carboxylic acids is 2. The molecule has 1 aromatic heterocycles. The molecule has 0 saturated heterocycles. The number of nitrogens with zero attached hydrogens (tertiary/aromatic N) is 1. The highest BCUT2D eigenvalue weighted by atomic mass is 32.1. The fraction of sp³-hybridized carbons (Fsp3) is 0.292. The second-order valence-corrected chi connectivity index (χ2v) is 8.98. The second kappa shape index (κ2) is 10.1. The van der Waals surface area contributed by atoms with Crippen molar-refractivity contribution in [1.29, 1.82) is 0 Å². The van der Waals surface area contributed by atoms with Crippen LogP contribution >= 0.6 is 11.3 Å². The quantitative estimate of drug-likeness (QED) is 0.436. The lowest BCUT2D eigenvalue weighted by molar-refractivity contribution is -0.146. The predicted octanol–water partition coefficient (Wildman–Crippen LogP) is 6.18. The number of anilines is 2. The molecule has 2 amide bonds. The van der Waals surface area contributed by atoms with Gasteiger partial charge in [0.1, 0.15) is 0 Å². The van der Waals surface area contributed by atoms with Crippen molar-refractivity contribution < 1.29 is 23.1 Å². The maximum atomic E-state index is 13.3. The van der Waals surface area contributed by atoms with E-state index in [2.05, 4.69) is 15.6 Å². The molecule has 9 heteroatoms. The molecule has 1 heterocycles. The average Bonchev–Trinajstić information content (AvgIpc) is 3.32. The maximum absolute atomic E-state index is 13.3. The number of benzene rings is 2. The summed E-state index contributed by atoms with van der Waals surface area (Å²) in [5.41, 5.74) is 1.69. The molecule has 1 fully saturated rings. The molecule has 0 atom stereocenters. The van der Waals surface area contributed by atoms with E-state index in [1.807, 2.05) is 18.3 Å². The Balaban J connectivity index is 1.34. The van der Waals surface area contributed by atoms with Crippen LogP contribution in [0.15, 0.2) is 48.7 Å². The molecule has 3 aromatic rings. The highest BCUT2D eigenvalue weighted by molar-refractivity contribution is 7.15. The number of thiazole rings is 1. The maximum Gasteiger partial charge on any atom is 0.323 e. The van der Waals surface area contributed by atoms with Crippen molar-refractivity contribution in [2.45, 2.75) is 31.6 Å². The third-order valence-electron chi connectivity index (χ3n) is 5.74. The minimum atomic E-state index is -1.03. The summed E-state index contributed by atoms with van der Waals surface area (Å²) in [6.45, 7) is 0. The molecule has 172 valence electrons. The zero-order valence-corrected chi connectivity index (χ0v) is 18.8. The molecule has 0 spiro atoms. The summed E-state index contributed by atoms with van der Waals surface area (Å²) in [6, 6.07) is 9.90. The zero-order chi connectivity index (χ0) is 23.4. The van der Waals surface area contributed by atoms with Gasteiger partial charge in [-0.15, -0.1) is 11.3 Å². The minimum absolute atomic E-state index is 0.00925. The number of ether oxygens (including phenoxy) is 1. The number of carbonyl (C=O) groups is 2. The van der Waals surface area contributed by atoms with E-state index >= 15 is 0 Å². The number of rotatable bonds is 5. The van der Waals surface area contributed by atoms with Crippen LogP contribution < -0.4 is 10.6 Å². The largest absolute Gasteiger partial charge is 0.469 e. The lowest BCUT2D eigenvalue weighted by Crippen LogP contribution is -2.22. The molecule has 1 saturated carbocycles. The summed E-state index contributed by atoms with van der Waals surface area (Å²) < 4.78 is 31.1. The Hall–Kier alpha value is -3.33. The SMILES string of the molecule is COC(=O)C1CCC(c2ncc(-c3ccc(NC(=O)Nc4ccc(F)c(F)c4)cc3)s2)CC1. The molecule has 4 rings (SSSR count). The van der Waals surface area contributed by atoms with Crippen LogP contribution in [0.5, 0.6) is 0 Å². The van der Waals surface area contributed by atoms with Crippen molar-refractivity contribution in [3.8, 4) is 10.4 Å². The minimum Gasteiger partial charge on any atom is -0.469 e. The van der Waals surface area contributed by atoms with Gasteiger partial charge in [0, 0.05) is 29.6 Å². The Labute approximate surface area is 194 Å². The van der Waals surface area contributed by atoms with E-state index in [4.69, 9.17) is 4.74 Å². The van der Waals surface area contributed by atoms with E-state index in [1.54, 1.807) is 23.5 Å². The topological polar surface area (TPSA) is 80.3 Å². The first-order chi connectivity index (χ1) is 15.9. The van der Waals surface area contributed by atoms with Gasteiger partial charge in [-0.25, -0.2) is 18.6 Å². The van der Waals surface area contributed by atoms with Crippen molar-refractivity contribution >= 4 is 34.7 Å². The van der Waals surface area contributed by atoms with Crippen molar-refractivity contribution in [2.75, 3.05) is 17.7 Å². The van der Waals surface area contributed by atoms with E-state index in [0.717, 1.165) is 53.3 Å². The van der Waals surface area contributed by atoms with Crippen LogP contribution in [0, 0.1) is 17.6 Å². The first kappa shape index (κ1) is 22.8. The van der Waals surface area contributed by atoms with Gasteiger partial charge in [0.05, 0.1) is 22.9 Å². The zero-order valence-electron chi connectivity index (χ0n) is 17.9. The first-order valence-electron chi connectivity index (χ1n) is 10.6. The number of halogens is 2. The van der Waals surface area contributed by atoms with Crippen molar-refractivity contribution in [3.63, 3.8) is 0 Å². The van der Waals surface area contributed by atoms with Crippen LogP contribution in [-0.4, -0.2) is 24.1 Å². The summed E-state index contributed by atoms with van der Waals surface area (Å²) in [5, 5.41) is 6.20. The lowest BCUT2D eigenvalue weighted by Gasteiger charge is -2.25. The number of hydrogen-bond acceptors (Lipinski definition) is 5. The number of nitrogens with one attached hydrogen (secondary N) is 2. The average molecular weight is 472 g/mol. The fourth-order valence-electron chi connectivity index (χ4n) is 3.94. The fourth-order valence-corrected chi connectivity index (χ4v) is 5.03. The van der Waals surface area contributed by atoms with Gasteiger partial charge in [-0.3, -0.25) is 4.79 Å². The molecule has 2 aromatic carbocycles. The highest BCUT2D eigenvalue weighted by Gasteiger charge is 2.29. The molecule has 0 unspecified atom stereocenters. The molecular weight excluding hydrogens is 448 g/mol. The Bertz CT molecular complexity index is 1140. The summed E-state index contributed by atoms with van der Waals surface area (Å²) in [6.07, 6.45) is 5.33. The smallest absolute Gasteiger partial charge is 0.323 e.